The number of hydrogen-bond acceptors (Lipinski definition) is 11. The highest BCUT2D eigenvalue weighted by molar-refractivity contribution is 8.29. The Balaban J connectivity index is 2.05. The number of thiol groups is 1. The van der Waals surface area contributed by atoms with Crippen molar-refractivity contribution in [2.75, 3.05) is 19.8 Å². The Morgan fingerprint density at radius 2 is 1.66 bits per heavy atom. The number of nitrogens with zero attached hydrogens (tertiary/aromatic N) is 3. The summed E-state index contributed by atoms with van der Waals surface area (Å²) in [5.74, 6) is -3.05. The first-order valence-corrected chi connectivity index (χ1v) is 12.7. The quantitative estimate of drug-likeness (QED) is 0.204. The van der Waals surface area contributed by atoms with E-state index in [9.17, 15) is 23.2 Å². The second-order valence-electron chi connectivity index (χ2n) is 7.14. The molecule has 0 saturated carbocycles. The first-order valence-electron chi connectivity index (χ1n) is 11.3. The Morgan fingerprint density at radius 1 is 0.974 bits per heavy atom. The maximum absolute atomic E-state index is 13.9. The lowest BCUT2D eigenvalue weighted by molar-refractivity contribution is -0.138. The van der Waals surface area contributed by atoms with Crippen LogP contribution in [-0.4, -0.2) is 59.3 Å². The van der Waals surface area contributed by atoms with Crippen molar-refractivity contribution in [3.05, 3.63) is 47.0 Å². The molecule has 1 aromatic carbocycles. The third kappa shape index (κ3) is 7.00. The van der Waals surface area contributed by atoms with Crippen molar-refractivity contribution < 1.29 is 51.0 Å². The Kier molecular flexibility index (Phi) is 9.65. The van der Waals surface area contributed by atoms with E-state index in [-0.39, 0.29) is 47.8 Å². The molecule has 12 nitrogen and oxygen atoms in total. The fourth-order valence-electron chi connectivity index (χ4n) is 2.96. The average Bonchev–Trinajstić information content (AvgIpc) is 3.45. The van der Waals surface area contributed by atoms with Gasteiger partial charge in [0.15, 0.2) is 17.3 Å². The topological polar surface area (TPSA) is 137 Å². The number of aromatic nitrogens is 2. The van der Waals surface area contributed by atoms with Crippen LogP contribution in [-0.2, 0) is 27.9 Å². The number of carbonyl (C=O) groups is 3. The Morgan fingerprint density at radius 3 is 2.32 bits per heavy atom. The molecule has 15 heteroatoms. The van der Waals surface area contributed by atoms with E-state index in [4.69, 9.17) is 27.9 Å². The lowest BCUT2D eigenvalue weighted by atomic mass is 10.1. The lowest BCUT2D eigenvalue weighted by Crippen LogP contribution is -2.24. The van der Waals surface area contributed by atoms with Crippen LogP contribution in [0.2, 0.25) is 0 Å². The van der Waals surface area contributed by atoms with E-state index < -0.39 is 47.4 Å². The maximum atomic E-state index is 13.9. The summed E-state index contributed by atoms with van der Waals surface area (Å²) >= 11 is -2.08. The SMILES string of the molecule is CCOC(=O)OC(C)Oc1cc(-c2ccc(F)c(F)c2)nn1C1=NC(C(=O)OCC)=C[SH]1OC(=O)OCC. The van der Waals surface area contributed by atoms with Crippen molar-refractivity contribution in [2.45, 2.75) is 34.0 Å². The third-order valence-corrected chi connectivity index (χ3v) is 5.98. The van der Waals surface area contributed by atoms with Crippen molar-refractivity contribution in [3.8, 4) is 17.1 Å². The molecule has 1 aliphatic heterocycles. The number of rotatable bonds is 9. The van der Waals surface area contributed by atoms with E-state index in [0.717, 1.165) is 16.8 Å². The summed E-state index contributed by atoms with van der Waals surface area (Å²) in [4.78, 5) is 40.4. The number of aliphatic imine (C=N–C) groups is 1. The first-order chi connectivity index (χ1) is 18.2. The smallest absolute Gasteiger partial charge is 0.461 e. The number of ether oxygens (including phenoxy) is 5. The van der Waals surface area contributed by atoms with Crippen LogP contribution in [0.15, 0.2) is 40.4 Å². The Labute approximate surface area is 218 Å². The van der Waals surface area contributed by atoms with Gasteiger partial charge in [-0.05, 0) is 50.1 Å². The largest absolute Gasteiger partial charge is 0.519 e. The first kappa shape index (κ1) is 28.4. The van der Waals surface area contributed by atoms with Crippen LogP contribution in [0.4, 0.5) is 18.4 Å². The molecule has 1 aliphatic rings. The van der Waals surface area contributed by atoms with Gasteiger partial charge in [0, 0.05) is 24.0 Å². The Bertz CT molecular complexity index is 1260. The molecule has 0 radical (unpaired) electrons. The maximum Gasteiger partial charge on any atom is 0.519 e. The third-order valence-electron chi connectivity index (χ3n) is 4.47. The van der Waals surface area contributed by atoms with Crippen molar-refractivity contribution in [2.24, 2.45) is 4.99 Å². The summed E-state index contributed by atoms with van der Waals surface area (Å²) < 4.78 is 59.1. The minimum absolute atomic E-state index is 0.0298. The minimum atomic E-state index is -2.08. The van der Waals surface area contributed by atoms with Crippen LogP contribution in [0.1, 0.15) is 27.7 Å². The van der Waals surface area contributed by atoms with E-state index >= 15 is 0 Å². The molecular weight excluding hydrogens is 532 g/mol. The fraction of sp³-hybridized carbons (Fsp3) is 0.348. The monoisotopic (exact) mass is 557 g/mol. The van der Waals surface area contributed by atoms with Crippen molar-refractivity contribution in [3.63, 3.8) is 0 Å². The molecule has 2 heterocycles. The predicted octanol–water partition coefficient (Wildman–Crippen LogP) is 4.44. The molecule has 0 aliphatic carbocycles. The van der Waals surface area contributed by atoms with Gasteiger partial charge < -0.3 is 27.9 Å². The zero-order valence-corrected chi connectivity index (χ0v) is 21.7. The van der Waals surface area contributed by atoms with E-state index in [1.807, 2.05) is 0 Å². The number of hydrogen-bond donors (Lipinski definition) is 1. The molecular formula is C23H25F2N3O9S. The molecule has 1 aromatic heterocycles. The number of esters is 1. The highest BCUT2D eigenvalue weighted by atomic mass is 32.2. The van der Waals surface area contributed by atoms with Gasteiger partial charge in [-0.2, -0.15) is 9.78 Å². The van der Waals surface area contributed by atoms with Gasteiger partial charge in [-0.25, -0.2) is 28.2 Å². The summed E-state index contributed by atoms with van der Waals surface area (Å²) in [5.41, 5.74) is 0.101. The molecule has 2 atom stereocenters. The zero-order chi connectivity index (χ0) is 27.8. The van der Waals surface area contributed by atoms with Crippen molar-refractivity contribution >= 4 is 34.6 Å². The number of carbonyl (C=O) groups excluding carboxylic acids is 3. The fourth-order valence-corrected chi connectivity index (χ4v) is 4.34. The van der Waals surface area contributed by atoms with E-state index in [0.29, 0.717) is 0 Å². The molecule has 38 heavy (non-hydrogen) atoms. The summed E-state index contributed by atoms with van der Waals surface area (Å²) in [6.45, 7) is 6.33. The van der Waals surface area contributed by atoms with E-state index in [1.54, 1.807) is 20.8 Å². The molecule has 3 rings (SSSR count). The standard InChI is InChI=1S/C23H25F2N3O9S/c1-5-32-20(29)18-12-38(37-23(31)34-7-3)21(26-18)28-19(35-13(4)36-22(30)33-6-2)11-17(27-28)14-8-9-15(24)16(25)10-14/h8-13,38H,5-7H2,1-4H3. The molecule has 0 spiro atoms. The van der Waals surface area contributed by atoms with Crippen molar-refractivity contribution in [1.82, 2.24) is 9.78 Å². The van der Waals surface area contributed by atoms with Gasteiger partial charge in [0.1, 0.15) is 0 Å². The van der Waals surface area contributed by atoms with Crippen LogP contribution in [0, 0.1) is 11.6 Å². The van der Waals surface area contributed by atoms with Gasteiger partial charge >= 0.3 is 18.3 Å². The van der Waals surface area contributed by atoms with Gasteiger partial charge in [-0.15, -0.1) is 0 Å². The normalized spacial score (nSPS) is 16.1. The molecule has 206 valence electrons. The highest BCUT2D eigenvalue weighted by Gasteiger charge is 2.31. The van der Waals surface area contributed by atoms with Gasteiger partial charge in [0.25, 0.3) is 0 Å². The second-order valence-corrected chi connectivity index (χ2v) is 8.63. The van der Waals surface area contributed by atoms with Crippen molar-refractivity contribution in [1.29, 1.82) is 0 Å². The number of benzene rings is 1. The summed E-state index contributed by atoms with van der Waals surface area (Å²) in [7, 11) is 0. The summed E-state index contributed by atoms with van der Waals surface area (Å²) in [6.07, 6.45) is -3.23. The second kappa shape index (κ2) is 12.9. The lowest BCUT2D eigenvalue weighted by Gasteiger charge is -2.19. The highest BCUT2D eigenvalue weighted by Crippen LogP contribution is 2.41. The van der Waals surface area contributed by atoms with Crippen LogP contribution in [0.3, 0.4) is 0 Å². The summed E-state index contributed by atoms with van der Waals surface area (Å²) in [5, 5.41) is 5.56. The van der Waals surface area contributed by atoms with Crippen LogP contribution in [0.25, 0.3) is 11.3 Å². The van der Waals surface area contributed by atoms with Gasteiger partial charge in [0.05, 0.1) is 25.5 Å². The Hall–Kier alpha value is -4.14. The van der Waals surface area contributed by atoms with Gasteiger partial charge in [0.2, 0.25) is 17.3 Å². The molecule has 0 saturated heterocycles. The average molecular weight is 558 g/mol. The predicted molar refractivity (Wildman–Crippen MR) is 130 cm³/mol. The van der Waals surface area contributed by atoms with Gasteiger partial charge in [-0.3, -0.25) is 0 Å². The zero-order valence-electron chi connectivity index (χ0n) is 20.8. The molecule has 0 N–H and O–H groups in total. The van der Waals surface area contributed by atoms with Crippen LogP contribution < -0.4 is 4.74 Å². The van der Waals surface area contributed by atoms with Crippen LogP contribution >= 0.6 is 11.2 Å². The molecule has 0 fully saturated rings. The molecule has 2 aromatic rings. The summed E-state index contributed by atoms with van der Waals surface area (Å²) in [6, 6.07) is 4.45. The minimum Gasteiger partial charge on any atom is -0.461 e. The number of halogens is 2. The molecule has 0 amide bonds. The van der Waals surface area contributed by atoms with Crippen LogP contribution in [0.5, 0.6) is 5.88 Å². The van der Waals surface area contributed by atoms with Gasteiger partial charge in [-0.1, -0.05) is 0 Å². The van der Waals surface area contributed by atoms with E-state index in [2.05, 4.69) is 10.1 Å². The molecule has 2 unspecified atom stereocenters. The van der Waals surface area contributed by atoms with E-state index in [1.165, 1.54) is 24.5 Å². The molecule has 0 bridgehead atoms.